The summed E-state index contributed by atoms with van der Waals surface area (Å²) < 4.78 is 57.3. The molecule has 31 heavy (non-hydrogen) atoms. The predicted octanol–water partition coefficient (Wildman–Crippen LogP) is 2.87. The second kappa shape index (κ2) is 8.71. The Bertz CT molecular complexity index is 946. The van der Waals surface area contributed by atoms with Crippen LogP contribution in [0.2, 0.25) is 0 Å². The van der Waals surface area contributed by atoms with Crippen molar-refractivity contribution in [2.45, 2.75) is 68.2 Å². The van der Waals surface area contributed by atoms with Crippen molar-refractivity contribution < 1.29 is 32.5 Å². The van der Waals surface area contributed by atoms with Gasteiger partial charge in [0.1, 0.15) is 16.8 Å². The van der Waals surface area contributed by atoms with Gasteiger partial charge in [-0.05, 0) is 29.8 Å². The van der Waals surface area contributed by atoms with Crippen molar-refractivity contribution in [3.63, 3.8) is 0 Å². The molecule has 4 rings (SSSR count). The SMILES string of the molecule is CC1(C)OC2C(OCCO)CC(n3nnc4c(Br)nc(SCCC(F)(F)F)nc43)C2O1. The Kier molecular flexibility index (Phi) is 6.49. The van der Waals surface area contributed by atoms with E-state index in [0.717, 1.165) is 11.8 Å². The summed E-state index contributed by atoms with van der Waals surface area (Å²) in [6.45, 7) is 3.65. The quantitative estimate of drug-likeness (QED) is 0.330. The van der Waals surface area contributed by atoms with Gasteiger partial charge in [-0.1, -0.05) is 17.0 Å². The van der Waals surface area contributed by atoms with Crippen molar-refractivity contribution in [3.05, 3.63) is 4.60 Å². The van der Waals surface area contributed by atoms with Crippen LogP contribution in [0, 0.1) is 0 Å². The van der Waals surface area contributed by atoms with E-state index in [1.54, 1.807) is 18.5 Å². The highest BCUT2D eigenvalue weighted by molar-refractivity contribution is 9.10. The summed E-state index contributed by atoms with van der Waals surface area (Å²) in [7, 11) is 0. The molecule has 0 bridgehead atoms. The highest BCUT2D eigenvalue weighted by Gasteiger charge is 2.56. The first kappa shape index (κ1) is 23.1. The maximum atomic E-state index is 12.5. The molecule has 3 heterocycles. The summed E-state index contributed by atoms with van der Waals surface area (Å²) in [5, 5.41) is 17.7. The minimum absolute atomic E-state index is 0.117. The zero-order valence-corrected chi connectivity index (χ0v) is 19.1. The van der Waals surface area contributed by atoms with Gasteiger partial charge in [0.2, 0.25) is 0 Å². The lowest BCUT2D eigenvalue weighted by Crippen LogP contribution is -2.31. The van der Waals surface area contributed by atoms with Crippen LogP contribution in [0.1, 0.15) is 32.7 Å². The number of rotatable bonds is 7. The third kappa shape index (κ3) is 4.98. The van der Waals surface area contributed by atoms with Crippen molar-refractivity contribution in [1.29, 1.82) is 0 Å². The van der Waals surface area contributed by atoms with Gasteiger partial charge in [0.15, 0.2) is 22.1 Å². The van der Waals surface area contributed by atoms with Crippen LogP contribution < -0.4 is 0 Å². The number of hydrogen-bond donors (Lipinski definition) is 1. The Hall–Kier alpha value is -1.06. The summed E-state index contributed by atoms with van der Waals surface area (Å²) >= 11 is 4.22. The first-order chi connectivity index (χ1) is 14.6. The molecule has 2 aliphatic rings. The molecular weight excluding hydrogens is 507 g/mol. The van der Waals surface area contributed by atoms with Gasteiger partial charge in [-0.2, -0.15) is 13.2 Å². The first-order valence-corrected chi connectivity index (χ1v) is 11.4. The number of aliphatic hydroxyl groups excluding tert-OH is 1. The van der Waals surface area contributed by atoms with E-state index in [0.29, 0.717) is 22.2 Å². The van der Waals surface area contributed by atoms with Crippen LogP contribution in [-0.2, 0) is 14.2 Å². The van der Waals surface area contributed by atoms with Crippen LogP contribution >= 0.6 is 27.7 Å². The average molecular weight is 528 g/mol. The number of aliphatic hydroxyl groups is 1. The fourth-order valence-corrected chi connectivity index (χ4v) is 5.20. The van der Waals surface area contributed by atoms with Gasteiger partial charge in [-0.25, -0.2) is 14.6 Å². The average Bonchev–Trinajstić information content (AvgIpc) is 3.30. The lowest BCUT2D eigenvalue weighted by Gasteiger charge is -2.23. The molecule has 0 aromatic carbocycles. The molecule has 0 amide bonds. The number of halogens is 4. The standard InChI is InChI=1S/C17H21BrF3N5O4S/c1-16(2)29-11-8(7-9(12(11)30-16)28-5-4-27)26-14-10(24-25-26)13(18)22-15(23-14)31-6-3-17(19,20)21/h8-9,11-12,27H,3-7H2,1-2H3. The zero-order chi connectivity index (χ0) is 22.4. The van der Waals surface area contributed by atoms with Crippen LogP contribution in [-0.4, -0.2) is 79.3 Å². The predicted molar refractivity (Wildman–Crippen MR) is 107 cm³/mol. The molecule has 4 unspecified atom stereocenters. The van der Waals surface area contributed by atoms with E-state index in [2.05, 4.69) is 36.2 Å². The molecule has 2 aromatic rings. The van der Waals surface area contributed by atoms with Crippen LogP contribution in [0.5, 0.6) is 0 Å². The highest BCUT2D eigenvalue weighted by Crippen LogP contribution is 2.45. The van der Waals surface area contributed by atoms with Crippen LogP contribution in [0.4, 0.5) is 13.2 Å². The second-order valence-electron chi connectivity index (χ2n) is 7.72. The van der Waals surface area contributed by atoms with Crippen molar-refractivity contribution in [2.75, 3.05) is 19.0 Å². The van der Waals surface area contributed by atoms with Crippen molar-refractivity contribution in [2.24, 2.45) is 0 Å². The fourth-order valence-electron chi connectivity index (χ4n) is 3.84. The van der Waals surface area contributed by atoms with Crippen molar-refractivity contribution in [3.8, 4) is 0 Å². The minimum atomic E-state index is -4.24. The smallest absolute Gasteiger partial charge is 0.389 e. The van der Waals surface area contributed by atoms with E-state index in [-0.39, 0.29) is 42.4 Å². The molecule has 2 fully saturated rings. The number of alkyl halides is 3. The van der Waals surface area contributed by atoms with E-state index in [1.807, 2.05) is 0 Å². The molecular formula is C17H21BrF3N5O4S. The molecule has 1 aliphatic carbocycles. The molecule has 4 atom stereocenters. The Morgan fingerprint density at radius 1 is 1.29 bits per heavy atom. The Balaban J connectivity index is 1.62. The van der Waals surface area contributed by atoms with Crippen LogP contribution in [0.3, 0.4) is 0 Å². The highest BCUT2D eigenvalue weighted by atomic mass is 79.9. The molecule has 1 saturated carbocycles. The number of thioether (sulfide) groups is 1. The fraction of sp³-hybridized carbons (Fsp3) is 0.765. The van der Waals surface area contributed by atoms with E-state index in [9.17, 15) is 13.2 Å². The van der Waals surface area contributed by atoms with E-state index < -0.39 is 24.5 Å². The van der Waals surface area contributed by atoms with E-state index >= 15 is 0 Å². The summed E-state index contributed by atoms with van der Waals surface area (Å²) in [5.41, 5.74) is 0.783. The summed E-state index contributed by atoms with van der Waals surface area (Å²) in [4.78, 5) is 8.60. The molecule has 0 spiro atoms. The molecule has 1 N–H and O–H groups in total. The van der Waals surface area contributed by atoms with Gasteiger partial charge < -0.3 is 19.3 Å². The van der Waals surface area contributed by atoms with Crippen molar-refractivity contribution in [1.82, 2.24) is 25.0 Å². The van der Waals surface area contributed by atoms with Crippen molar-refractivity contribution >= 4 is 38.9 Å². The van der Waals surface area contributed by atoms with Gasteiger partial charge in [0.25, 0.3) is 0 Å². The van der Waals surface area contributed by atoms with Gasteiger partial charge in [0, 0.05) is 12.2 Å². The molecule has 9 nitrogen and oxygen atoms in total. The number of fused-ring (bicyclic) bond motifs is 2. The third-order valence-electron chi connectivity index (χ3n) is 5.00. The Labute approximate surface area is 188 Å². The first-order valence-electron chi connectivity index (χ1n) is 9.64. The Morgan fingerprint density at radius 3 is 2.74 bits per heavy atom. The zero-order valence-electron chi connectivity index (χ0n) is 16.7. The minimum Gasteiger partial charge on any atom is -0.394 e. The number of nitrogens with zero attached hydrogens (tertiary/aromatic N) is 5. The molecule has 0 radical (unpaired) electrons. The molecule has 1 aliphatic heterocycles. The lowest BCUT2D eigenvalue weighted by molar-refractivity contribution is -0.171. The largest absolute Gasteiger partial charge is 0.394 e. The second-order valence-corrected chi connectivity index (χ2v) is 9.53. The third-order valence-corrected chi connectivity index (χ3v) is 6.40. The van der Waals surface area contributed by atoms with Gasteiger partial charge in [0.05, 0.1) is 31.8 Å². The summed E-state index contributed by atoms with van der Waals surface area (Å²) in [5.74, 6) is -1.02. The Morgan fingerprint density at radius 2 is 2.03 bits per heavy atom. The van der Waals surface area contributed by atoms with Gasteiger partial charge in [-0.3, -0.25) is 0 Å². The van der Waals surface area contributed by atoms with Crippen LogP contribution in [0.15, 0.2) is 9.76 Å². The van der Waals surface area contributed by atoms with E-state index in [1.165, 1.54) is 0 Å². The molecule has 172 valence electrons. The number of aromatic nitrogens is 5. The lowest BCUT2D eigenvalue weighted by atomic mass is 10.2. The molecule has 14 heteroatoms. The monoisotopic (exact) mass is 527 g/mol. The summed E-state index contributed by atoms with van der Waals surface area (Å²) in [6.07, 6.45) is -5.77. The van der Waals surface area contributed by atoms with E-state index in [4.69, 9.17) is 19.3 Å². The normalized spacial score (nSPS) is 27.8. The maximum Gasteiger partial charge on any atom is 0.389 e. The molecule has 2 aromatic heterocycles. The number of ether oxygens (including phenoxy) is 3. The molecule has 1 saturated heterocycles. The topological polar surface area (TPSA) is 104 Å². The number of hydrogen-bond acceptors (Lipinski definition) is 9. The summed E-state index contributed by atoms with van der Waals surface area (Å²) in [6, 6.07) is -0.324. The van der Waals surface area contributed by atoms with Gasteiger partial charge in [-0.15, -0.1) is 5.10 Å². The van der Waals surface area contributed by atoms with Gasteiger partial charge >= 0.3 is 6.18 Å². The maximum absolute atomic E-state index is 12.5. The van der Waals surface area contributed by atoms with Crippen LogP contribution in [0.25, 0.3) is 11.2 Å².